The molecule has 1 aliphatic carbocycles. The third-order valence-corrected chi connectivity index (χ3v) is 5.86. The summed E-state index contributed by atoms with van der Waals surface area (Å²) < 4.78 is 32.1. The molecule has 0 aliphatic heterocycles. The highest BCUT2D eigenvalue weighted by Gasteiger charge is 2.18. The Bertz CT molecular complexity index is 1380. The lowest BCUT2D eigenvalue weighted by atomic mass is 10.0. The zero-order valence-corrected chi connectivity index (χ0v) is 24.0. The molecule has 43 heavy (non-hydrogen) atoms. The third-order valence-electron chi connectivity index (χ3n) is 5.86. The van der Waals surface area contributed by atoms with E-state index >= 15 is 0 Å². The molecule has 226 valence electrons. The van der Waals surface area contributed by atoms with Crippen LogP contribution in [-0.2, 0) is 28.6 Å². The first kappa shape index (κ1) is 32.4. The van der Waals surface area contributed by atoms with Crippen LogP contribution in [0, 0.1) is 6.92 Å². The Morgan fingerprint density at radius 1 is 0.698 bits per heavy atom. The van der Waals surface area contributed by atoms with E-state index in [0.717, 1.165) is 23.5 Å². The van der Waals surface area contributed by atoms with Crippen molar-refractivity contribution in [3.63, 3.8) is 0 Å². The van der Waals surface area contributed by atoms with Gasteiger partial charge in [-0.1, -0.05) is 13.2 Å². The Labute approximate surface area is 250 Å². The molecule has 10 nitrogen and oxygen atoms in total. The number of rotatable bonds is 16. The van der Waals surface area contributed by atoms with Gasteiger partial charge in [-0.05, 0) is 67.5 Å². The van der Waals surface area contributed by atoms with Crippen molar-refractivity contribution in [2.45, 2.75) is 32.6 Å². The molecular weight excluding hydrogens is 556 g/mol. The smallest absolute Gasteiger partial charge is 0.343 e. The van der Waals surface area contributed by atoms with Gasteiger partial charge in [0.25, 0.3) is 0 Å². The van der Waals surface area contributed by atoms with Crippen LogP contribution >= 0.6 is 0 Å². The van der Waals surface area contributed by atoms with Crippen LogP contribution in [0.25, 0.3) is 0 Å². The van der Waals surface area contributed by atoms with Crippen molar-refractivity contribution in [1.82, 2.24) is 0 Å². The molecule has 1 aliphatic rings. The molecule has 0 N–H and O–H groups in total. The zero-order chi connectivity index (χ0) is 31.0. The van der Waals surface area contributed by atoms with Gasteiger partial charge in [-0.3, -0.25) is 0 Å². The van der Waals surface area contributed by atoms with Crippen LogP contribution in [0.3, 0.4) is 0 Å². The number of carbonyl (C=O) groups is 4. The molecule has 0 aromatic heterocycles. The Morgan fingerprint density at radius 3 is 1.84 bits per heavy atom. The van der Waals surface area contributed by atoms with E-state index in [1.54, 1.807) is 55.5 Å². The van der Waals surface area contributed by atoms with Crippen LogP contribution in [0.1, 0.15) is 41.6 Å². The van der Waals surface area contributed by atoms with Crippen molar-refractivity contribution < 1.29 is 47.6 Å². The Morgan fingerprint density at radius 2 is 1.28 bits per heavy atom. The van der Waals surface area contributed by atoms with Gasteiger partial charge in [0, 0.05) is 43.1 Å². The maximum atomic E-state index is 12.8. The fraction of sp³-hybridized carbons (Fsp3) is 0.273. The standard InChI is InChI=1S/C33H34O10/c1-4-30(34)40-18-6-16-38-26-12-8-24(9-13-26)32(36)42-28-20-23(3)21-29(22-28)43-33(37)25-10-14-27(15-11-25)39-17-7-19-41-31(35)5-2/h4-5,8-10,12-14,20-22H,1-2,6-7,11,15-19H2,3H3. The summed E-state index contributed by atoms with van der Waals surface area (Å²) in [6.07, 6.45) is 7.58. The number of esters is 4. The van der Waals surface area contributed by atoms with Gasteiger partial charge in [0.1, 0.15) is 17.2 Å². The van der Waals surface area contributed by atoms with E-state index in [1.165, 1.54) is 6.07 Å². The lowest BCUT2D eigenvalue weighted by Gasteiger charge is -2.15. The molecule has 0 spiro atoms. The number of aryl methyl sites for hydroxylation is 1. The van der Waals surface area contributed by atoms with Gasteiger partial charge in [-0.25, -0.2) is 19.2 Å². The molecule has 0 saturated carbocycles. The summed E-state index contributed by atoms with van der Waals surface area (Å²) in [6.45, 7) is 9.62. The van der Waals surface area contributed by atoms with Gasteiger partial charge >= 0.3 is 23.9 Å². The first-order chi connectivity index (χ1) is 20.8. The fourth-order valence-corrected chi connectivity index (χ4v) is 3.74. The SMILES string of the molecule is C=CC(=O)OCCCOC1=CC=C(C(=O)Oc2cc(C)cc(OC(=O)c3ccc(OCCCOC(=O)C=C)cc3)c2)CC1. The monoisotopic (exact) mass is 590 g/mol. The number of benzene rings is 2. The molecule has 0 atom stereocenters. The summed E-state index contributed by atoms with van der Waals surface area (Å²) >= 11 is 0. The van der Waals surface area contributed by atoms with Crippen LogP contribution in [0.5, 0.6) is 17.2 Å². The normalized spacial score (nSPS) is 12.1. The molecule has 0 unspecified atom stereocenters. The van der Waals surface area contributed by atoms with E-state index < -0.39 is 23.9 Å². The van der Waals surface area contributed by atoms with Crippen LogP contribution in [0.15, 0.2) is 91.3 Å². The summed E-state index contributed by atoms with van der Waals surface area (Å²) in [4.78, 5) is 47.5. The topological polar surface area (TPSA) is 124 Å². The number of allylic oxidation sites excluding steroid dienone is 3. The van der Waals surface area contributed by atoms with E-state index in [1.807, 2.05) is 0 Å². The molecule has 0 saturated heterocycles. The first-order valence-corrected chi connectivity index (χ1v) is 13.7. The average Bonchev–Trinajstić information content (AvgIpc) is 3.00. The van der Waals surface area contributed by atoms with Gasteiger partial charge in [0.05, 0.1) is 37.8 Å². The molecule has 10 heteroatoms. The highest BCUT2D eigenvalue weighted by molar-refractivity contribution is 5.92. The van der Waals surface area contributed by atoms with E-state index in [9.17, 15) is 19.2 Å². The highest BCUT2D eigenvalue weighted by atomic mass is 16.6. The Kier molecular flexibility index (Phi) is 12.8. The van der Waals surface area contributed by atoms with Crippen molar-refractivity contribution in [2.75, 3.05) is 26.4 Å². The van der Waals surface area contributed by atoms with Crippen LogP contribution in [0.2, 0.25) is 0 Å². The van der Waals surface area contributed by atoms with Gasteiger partial charge in [-0.15, -0.1) is 0 Å². The molecule has 2 aromatic carbocycles. The predicted octanol–water partition coefficient (Wildman–Crippen LogP) is 5.36. The van der Waals surface area contributed by atoms with E-state index in [-0.39, 0.29) is 24.7 Å². The van der Waals surface area contributed by atoms with Crippen LogP contribution in [0.4, 0.5) is 0 Å². The summed E-state index contributed by atoms with van der Waals surface area (Å²) in [7, 11) is 0. The minimum Gasteiger partial charge on any atom is -0.498 e. The maximum absolute atomic E-state index is 12.8. The number of hydrogen-bond acceptors (Lipinski definition) is 10. The van der Waals surface area contributed by atoms with Gasteiger partial charge in [0.2, 0.25) is 0 Å². The van der Waals surface area contributed by atoms with E-state index in [0.29, 0.717) is 55.8 Å². The molecule has 0 amide bonds. The second kappa shape index (κ2) is 17.0. The molecule has 0 radical (unpaired) electrons. The molecule has 0 heterocycles. The van der Waals surface area contributed by atoms with Crippen molar-refractivity contribution in [1.29, 1.82) is 0 Å². The number of carbonyl (C=O) groups excluding carboxylic acids is 4. The summed E-state index contributed by atoms with van der Waals surface area (Å²) in [5, 5.41) is 0. The lowest BCUT2D eigenvalue weighted by molar-refractivity contribution is -0.138. The van der Waals surface area contributed by atoms with Gasteiger partial charge in [0.15, 0.2) is 0 Å². The maximum Gasteiger partial charge on any atom is 0.343 e. The van der Waals surface area contributed by atoms with Gasteiger partial charge in [-0.2, -0.15) is 0 Å². The quantitative estimate of drug-likeness (QED) is 0.109. The number of ether oxygens (including phenoxy) is 6. The second-order valence-electron chi connectivity index (χ2n) is 9.26. The minimum absolute atomic E-state index is 0.215. The predicted molar refractivity (Wildman–Crippen MR) is 157 cm³/mol. The second-order valence-corrected chi connectivity index (χ2v) is 9.26. The summed E-state index contributed by atoms with van der Waals surface area (Å²) in [5.74, 6) is -0.304. The third kappa shape index (κ3) is 11.3. The van der Waals surface area contributed by atoms with Crippen molar-refractivity contribution in [2.24, 2.45) is 0 Å². The van der Waals surface area contributed by atoms with Crippen molar-refractivity contribution in [3.05, 3.63) is 102 Å². The Hall–Kier alpha value is -5.12. The van der Waals surface area contributed by atoms with Crippen LogP contribution < -0.4 is 14.2 Å². The van der Waals surface area contributed by atoms with Crippen LogP contribution in [-0.4, -0.2) is 50.3 Å². The Balaban J connectivity index is 1.48. The van der Waals surface area contributed by atoms with Gasteiger partial charge < -0.3 is 28.4 Å². The largest absolute Gasteiger partial charge is 0.498 e. The summed E-state index contributed by atoms with van der Waals surface area (Å²) in [5.41, 5.74) is 1.53. The molecule has 0 bridgehead atoms. The zero-order valence-electron chi connectivity index (χ0n) is 24.0. The molecule has 0 fully saturated rings. The van der Waals surface area contributed by atoms with Crippen molar-refractivity contribution in [3.8, 4) is 17.2 Å². The first-order valence-electron chi connectivity index (χ1n) is 13.7. The molecule has 3 rings (SSSR count). The highest BCUT2D eigenvalue weighted by Crippen LogP contribution is 2.26. The van der Waals surface area contributed by atoms with E-state index in [2.05, 4.69) is 13.2 Å². The van der Waals surface area contributed by atoms with Crippen molar-refractivity contribution >= 4 is 23.9 Å². The number of hydrogen-bond donors (Lipinski definition) is 0. The average molecular weight is 591 g/mol. The fourth-order valence-electron chi connectivity index (χ4n) is 3.74. The summed E-state index contributed by atoms with van der Waals surface area (Å²) in [6, 6.07) is 11.2. The lowest BCUT2D eigenvalue weighted by Crippen LogP contribution is -2.14. The molecule has 2 aromatic rings. The minimum atomic E-state index is -0.586. The van der Waals surface area contributed by atoms with E-state index in [4.69, 9.17) is 28.4 Å². The molecular formula is C33H34O10.